The third kappa shape index (κ3) is 6.81. The minimum Gasteiger partial charge on any atom is -0.0801 e. The first-order valence-corrected chi connectivity index (χ1v) is 19.0. The van der Waals surface area contributed by atoms with Crippen LogP contribution in [0.1, 0.15) is 134 Å². The molecule has 4 aromatic carbocycles. The quantitative estimate of drug-likeness (QED) is 0.149. The number of fused-ring (bicyclic) bond motifs is 2. The fraction of sp³-hybridized carbons (Fsp3) is 0.388. The van der Waals surface area contributed by atoms with Gasteiger partial charge in [0.1, 0.15) is 0 Å². The molecule has 0 fully saturated rings. The summed E-state index contributed by atoms with van der Waals surface area (Å²) in [5.74, 6) is 0. The van der Waals surface area contributed by atoms with E-state index in [2.05, 4.69) is 154 Å². The highest BCUT2D eigenvalue weighted by atomic mass is 14.3. The minimum absolute atomic E-state index is 0.00937. The van der Waals surface area contributed by atoms with Crippen molar-refractivity contribution in [3.8, 4) is 22.3 Å². The molecule has 0 saturated heterocycles. The van der Waals surface area contributed by atoms with E-state index in [9.17, 15) is 0 Å². The van der Waals surface area contributed by atoms with Crippen LogP contribution in [0.5, 0.6) is 0 Å². The van der Waals surface area contributed by atoms with Gasteiger partial charge in [0, 0.05) is 0 Å². The smallest absolute Gasteiger partial charge is 0.00234 e. The van der Waals surface area contributed by atoms with E-state index in [4.69, 9.17) is 0 Å². The lowest BCUT2D eigenvalue weighted by Gasteiger charge is -2.30. The van der Waals surface area contributed by atoms with Gasteiger partial charge in [-0.15, -0.1) is 0 Å². The number of hydrogen-bond acceptors (Lipinski definition) is 0. The first-order valence-electron chi connectivity index (χ1n) is 19.0. The lowest BCUT2D eigenvalue weighted by Crippen LogP contribution is -2.29. The molecular formula is C49H58. The lowest BCUT2D eigenvalue weighted by atomic mass is 9.74. The average Bonchev–Trinajstić information content (AvgIpc) is 3.72. The van der Waals surface area contributed by atoms with Crippen molar-refractivity contribution in [3.63, 3.8) is 0 Å². The Morgan fingerprint density at radius 1 is 0.694 bits per heavy atom. The van der Waals surface area contributed by atoms with Crippen LogP contribution in [0.3, 0.4) is 0 Å². The van der Waals surface area contributed by atoms with Gasteiger partial charge < -0.3 is 0 Å². The van der Waals surface area contributed by atoms with E-state index in [1.807, 2.05) is 0 Å². The molecule has 0 atom stereocenters. The fourth-order valence-electron chi connectivity index (χ4n) is 8.13. The van der Waals surface area contributed by atoms with Crippen LogP contribution in [0, 0.1) is 24.3 Å². The Morgan fingerprint density at radius 3 is 1.80 bits per heavy atom. The Hall–Kier alpha value is -3.90. The van der Waals surface area contributed by atoms with E-state index >= 15 is 0 Å². The summed E-state index contributed by atoms with van der Waals surface area (Å²) in [6.45, 7) is 23.6. The summed E-state index contributed by atoms with van der Waals surface area (Å²) in [6.07, 6.45) is 17.7. The summed E-state index contributed by atoms with van der Waals surface area (Å²) in [6, 6.07) is 23.6. The maximum Gasteiger partial charge on any atom is -0.00234 e. The highest BCUT2D eigenvalue weighted by Gasteiger charge is 2.30. The van der Waals surface area contributed by atoms with Crippen LogP contribution < -0.4 is 10.4 Å². The van der Waals surface area contributed by atoms with Crippen molar-refractivity contribution in [2.45, 2.75) is 125 Å². The van der Waals surface area contributed by atoms with Crippen molar-refractivity contribution in [2.24, 2.45) is 0 Å². The van der Waals surface area contributed by atoms with Gasteiger partial charge in [0.15, 0.2) is 0 Å². The van der Waals surface area contributed by atoms with Crippen LogP contribution in [0.15, 0.2) is 78.9 Å². The molecule has 0 spiro atoms. The molecule has 49 heavy (non-hydrogen) atoms. The molecule has 0 unspecified atom stereocenters. The van der Waals surface area contributed by atoms with Crippen LogP contribution in [0.2, 0.25) is 0 Å². The number of aryl methyl sites for hydroxylation is 2. The molecular weight excluding hydrogens is 589 g/mol. The molecule has 0 nitrogen and oxygen atoms in total. The second kappa shape index (κ2) is 13.8. The molecule has 0 heteroatoms. The molecule has 4 aromatic rings. The largest absolute Gasteiger partial charge is 0.0801 e. The van der Waals surface area contributed by atoms with Crippen molar-refractivity contribution in [3.05, 3.63) is 133 Å². The zero-order valence-electron chi connectivity index (χ0n) is 32.0. The van der Waals surface area contributed by atoms with Gasteiger partial charge in [-0.1, -0.05) is 152 Å². The van der Waals surface area contributed by atoms with E-state index in [-0.39, 0.29) is 10.8 Å². The van der Waals surface area contributed by atoms with Crippen molar-refractivity contribution >= 4 is 17.2 Å². The first kappa shape index (κ1) is 34.9. The molecule has 0 aliphatic heterocycles. The Labute approximate surface area is 296 Å². The van der Waals surface area contributed by atoms with Gasteiger partial charge in [-0.25, -0.2) is 0 Å². The van der Waals surface area contributed by atoms with Crippen LogP contribution in [0.25, 0.3) is 39.5 Å². The molecule has 0 amide bonds. The topological polar surface area (TPSA) is 0 Å². The maximum absolute atomic E-state index is 2.59. The Kier molecular flexibility index (Phi) is 9.83. The number of allylic oxidation sites excluding steroid dienone is 4. The Bertz CT molecular complexity index is 2140. The van der Waals surface area contributed by atoms with Gasteiger partial charge in [0.2, 0.25) is 0 Å². The van der Waals surface area contributed by atoms with E-state index in [1.165, 1.54) is 103 Å². The normalized spacial score (nSPS) is 13.7. The molecule has 254 valence electrons. The molecule has 0 saturated carbocycles. The standard InChI is InChI=1S/C49H58/c1-11-13-17-36(18-14-12-2)45-46-40-31-42(48(5,6)7)39(34-25-21-32(3)22-26-34)29-38(40)30-41(46)43(35-19-15-16-20-35)44(47(45)49(8,9)10)37-27-23-33(4)24-28-37/h15-16,19,21-31H,11-14,17-18,20H2,1-10H3. The summed E-state index contributed by atoms with van der Waals surface area (Å²) in [5.41, 5.74) is 16.9. The summed E-state index contributed by atoms with van der Waals surface area (Å²) in [4.78, 5) is 0. The molecule has 0 heterocycles. The van der Waals surface area contributed by atoms with Crippen molar-refractivity contribution < 1.29 is 0 Å². The lowest BCUT2D eigenvalue weighted by molar-refractivity contribution is 0.585. The van der Waals surface area contributed by atoms with Crippen molar-refractivity contribution in [1.29, 1.82) is 0 Å². The van der Waals surface area contributed by atoms with Gasteiger partial charge in [-0.3, -0.25) is 0 Å². The fourth-order valence-corrected chi connectivity index (χ4v) is 8.13. The highest BCUT2D eigenvalue weighted by Crippen LogP contribution is 2.43. The van der Waals surface area contributed by atoms with Crippen LogP contribution in [-0.2, 0) is 10.8 Å². The minimum atomic E-state index is -0.0624. The van der Waals surface area contributed by atoms with E-state index in [0.29, 0.717) is 0 Å². The predicted molar refractivity (Wildman–Crippen MR) is 215 cm³/mol. The Morgan fingerprint density at radius 2 is 1.29 bits per heavy atom. The van der Waals surface area contributed by atoms with E-state index < -0.39 is 0 Å². The van der Waals surface area contributed by atoms with Gasteiger partial charge in [-0.2, -0.15) is 0 Å². The number of rotatable bonds is 9. The summed E-state index contributed by atoms with van der Waals surface area (Å²) < 4.78 is 0. The van der Waals surface area contributed by atoms with Crippen LogP contribution in [-0.4, -0.2) is 0 Å². The second-order valence-corrected chi connectivity index (χ2v) is 16.8. The van der Waals surface area contributed by atoms with Crippen molar-refractivity contribution in [1.82, 2.24) is 0 Å². The molecule has 6 rings (SSSR count). The summed E-state index contributed by atoms with van der Waals surface area (Å²) in [7, 11) is 0. The summed E-state index contributed by atoms with van der Waals surface area (Å²) in [5, 5.41) is 5.82. The second-order valence-electron chi connectivity index (χ2n) is 16.8. The highest BCUT2D eigenvalue weighted by molar-refractivity contribution is 5.92. The van der Waals surface area contributed by atoms with Crippen molar-refractivity contribution in [2.75, 3.05) is 0 Å². The van der Waals surface area contributed by atoms with Crippen LogP contribution >= 0.6 is 0 Å². The molecule has 0 aromatic heterocycles. The number of unbranched alkanes of at least 4 members (excludes halogenated alkanes) is 2. The third-order valence-electron chi connectivity index (χ3n) is 10.7. The van der Waals surface area contributed by atoms with E-state index in [1.54, 1.807) is 10.8 Å². The molecule has 0 radical (unpaired) electrons. The van der Waals surface area contributed by atoms with Gasteiger partial charge in [0.05, 0.1) is 0 Å². The van der Waals surface area contributed by atoms with Crippen LogP contribution in [0.4, 0.5) is 0 Å². The van der Waals surface area contributed by atoms with Gasteiger partial charge >= 0.3 is 0 Å². The Balaban J connectivity index is 1.93. The van der Waals surface area contributed by atoms with Gasteiger partial charge in [-0.05, 0) is 146 Å². The molecule has 0 N–H and O–H groups in total. The third-order valence-corrected chi connectivity index (χ3v) is 10.7. The molecule has 2 aliphatic rings. The van der Waals surface area contributed by atoms with E-state index in [0.717, 1.165) is 19.3 Å². The summed E-state index contributed by atoms with van der Waals surface area (Å²) >= 11 is 0. The zero-order valence-corrected chi connectivity index (χ0v) is 32.0. The SMILES string of the molecule is CCCCC(CCCC)=c1c(C(C)(C)C)c(-c2ccc(C)cc2)c(C2=CC=CC2)c2c1=c1cc(C(C)(C)C)c(-c3ccc(C)cc3)cc1=C2. The average molecular weight is 647 g/mol. The first-order chi connectivity index (χ1) is 23.3. The molecule has 0 bridgehead atoms. The maximum atomic E-state index is 2.59. The molecule has 2 aliphatic carbocycles. The number of hydrogen-bond donors (Lipinski definition) is 0. The zero-order chi connectivity index (χ0) is 35.1. The number of benzene rings is 4. The predicted octanol–water partition coefficient (Wildman–Crippen LogP) is 12.5. The monoisotopic (exact) mass is 646 g/mol. The van der Waals surface area contributed by atoms with Gasteiger partial charge in [0.25, 0.3) is 0 Å².